The van der Waals surface area contributed by atoms with Crippen LogP contribution >= 0.6 is 15.9 Å². The highest BCUT2D eigenvalue weighted by Gasteiger charge is 2.16. The highest BCUT2D eigenvalue weighted by atomic mass is 79.9. The van der Waals surface area contributed by atoms with E-state index in [4.69, 9.17) is 0 Å². The van der Waals surface area contributed by atoms with Gasteiger partial charge in [0.1, 0.15) is 0 Å². The molecule has 7 nitrogen and oxygen atoms in total. The van der Waals surface area contributed by atoms with Gasteiger partial charge in [-0.15, -0.1) is 0 Å². The molecular formula is C27H27BrN4O3. The van der Waals surface area contributed by atoms with Crippen LogP contribution in [-0.2, 0) is 16.1 Å². The number of hydrazine groups is 1. The summed E-state index contributed by atoms with van der Waals surface area (Å²) in [6.45, 7) is 4.80. The maximum Gasteiger partial charge on any atom is 0.269 e. The number of nitrogens with one attached hydrogen (secondary N) is 3. The molecule has 8 heteroatoms. The van der Waals surface area contributed by atoms with Crippen LogP contribution < -0.4 is 16.2 Å². The van der Waals surface area contributed by atoms with E-state index in [-0.39, 0.29) is 30.6 Å². The first-order valence-corrected chi connectivity index (χ1v) is 12.3. The predicted octanol–water partition coefficient (Wildman–Crippen LogP) is 5.39. The van der Waals surface area contributed by atoms with Crippen molar-refractivity contribution in [1.29, 1.82) is 0 Å². The molecule has 0 aliphatic carbocycles. The number of rotatable bonds is 7. The Balaban J connectivity index is 1.31. The molecule has 0 bridgehead atoms. The lowest BCUT2D eigenvalue weighted by atomic mass is 10.0. The third-order valence-electron chi connectivity index (χ3n) is 5.86. The molecule has 1 unspecified atom stereocenters. The average Bonchev–Trinajstić information content (AvgIpc) is 3.15. The normalized spacial score (nSPS) is 11.9. The molecule has 180 valence electrons. The summed E-state index contributed by atoms with van der Waals surface area (Å²) in [5.74, 6) is -1.13. The summed E-state index contributed by atoms with van der Waals surface area (Å²) in [5.41, 5.74) is 8.26. The number of halogens is 1. The van der Waals surface area contributed by atoms with Crippen molar-refractivity contribution in [3.8, 4) is 0 Å². The zero-order chi connectivity index (χ0) is 24.9. The lowest BCUT2D eigenvalue weighted by Gasteiger charge is -2.13. The summed E-state index contributed by atoms with van der Waals surface area (Å²) in [6, 6.07) is 21.0. The molecule has 4 aromatic rings. The Hall–Kier alpha value is -3.65. The molecule has 35 heavy (non-hydrogen) atoms. The maximum absolute atomic E-state index is 12.6. The van der Waals surface area contributed by atoms with Crippen molar-refractivity contribution in [3.63, 3.8) is 0 Å². The molecule has 1 aromatic heterocycles. The lowest BCUT2D eigenvalue weighted by Crippen LogP contribution is -2.42. The molecule has 0 radical (unpaired) electrons. The van der Waals surface area contributed by atoms with Crippen molar-refractivity contribution in [3.05, 3.63) is 76.8 Å². The topological polar surface area (TPSA) is 92.2 Å². The Morgan fingerprint density at radius 3 is 2.29 bits per heavy atom. The van der Waals surface area contributed by atoms with Gasteiger partial charge in [-0.05, 0) is 61.4 Å². The number of carbonyl (C=O) groups excluding carboxylic acids is 3. The fourth-order valence-electron chi connectivity index (χ4n) is 4.24. The molecule has 0 spiro atoms. The largest absolute Gasteiger partial charge is 0.341 e. The minimum Gasteiger partial charge on any atom is -0.341 e. The van der Waals surface area contributed by atoms with Gasteiger partial charge in [-0.3, -0.25) is 25.2 Å². The van der Waals surface area contributed by atoms with Crippen LogP contribution in [0.15, 0.2) is 71.2 Å². The highest BCUT2D eigenvalue weighted by Crippen LogP contribution is 2.31. The minimum absolute atomic E-state index is 0.108. The van der Waals surface area contributed by atoms with E-state index in [0.717, 1.165) is 33.0 Å². The van der Waals surface area contributed by atoms with Gasteiger partial charge in [-0.2, -0.15) is 0 Å². The van der Waals surface area contributed by atoms with E-state index in [1.165, 1.54) is 5.52 Å². The molecule has 3 amide bonds. The van der Waals surface area contributed by atoms with Crippen LogP contribution in [0.3, 0.4) is 0 Å². The molecule has 0 aliphatic heterocycles. The molecule has 0 aliphatic rings. The number of hydrogen-bond acceptors (Lipinski definition) is 3. The van der Waals surface area contributed by atoms with Gasteiger partial charge in [-0.1, -0.05) is 41.1 Å². The molecule has 3 N–H and O–H groups in total. The van der Waals surface area contributed by atoms with Gasteiger partial charge in [0, 0.05) is 56.9 Å². The van der Waals surface area contributed by atoms with Gasteiger partial charge in [0.25, 0.3) is 5.91 Å². The van der Waals surface area contributed by atoms with Crippen molar-refractivity contribution in [2.45, 2.75) is 33.2 Å². The molecule has 3 aromatic carbocycles. The van der Waals surface area contributed by atoms with Crippen molar-refractivity contribution in [2.75, 3.05) is 5.32 Å². The van der Waals surface area contributed by atoms with E-state index in [1.54, 1.807) is 24.3 Å². The lowest BCUT2D eigenvalue weighted by molar-refractivity contribution is -0.123. The third-order valence-corrected chi connectivity index (χ3v) is 6.39. The number of amides is 3. The van der Waals surface area contributed by atoms with Gasteiger partial charge in [0.2, 0.25) is 11.8 Å². The molecule has 1 heterocycles. The molecule has 4 rings (SSSR count). The summed E-state index contributed by atoms with van der Waals surface area (Å²) in [6.07, 6.45) is 0.292. The Bertz CT molecular complexity index is 1400. The first-order valence-electron chi connectivity index (χ1n) is 11.5. The van der Waals surface area contributed by atoms with E-state index < -0.39 is 5.91 Å². The van der Waals surface area contributed by atoms with Crippen LogP contribution in [0.1, 0.15) is 37.0 Å². The second-order valence-electron chi connectivity index (χ2n) is 8.56. The monoisotopic (exact) mass is 534 g/mol. The molecule has 0 fully saturated rings. The summed E-state index contributed by atoms with van der Waals surface area (Å²) in [5, 5.41) is 5.19. The Morgan fingerprint density at radius 1 is 0.857 bits per heavy atom. The molecule has 0 saturated heterocycles. The molecular weight excluding hydrogens is 508 g/mol. The number of aryl methyl sites for hydroxylation is 1. The van der Waals surface area contributed by atoms with E-state index in [2.05, 4.69) is 55.7 Å². The number of para-hydroxylation sites is 1. The SMILES string of the molecule is CCn1c2ccccc2c2cc(NC(=O)CC(C)CC(=O)NNC(=O)c3ccc(Br)cc3)ccc21. The number of anilines is 1. The summed E-state index contributed by atoms with van der Waals surface area (Å²) < 4.78 is 3.12. The van der Waals surface area contributed by atoms with Gasteiger partial charge in [0.15, 0.2) is 0 Å². The second kappa shape index (κ2) is 10.7. The smallest absolute Gasteiger partial charge is 0.269 e. The highest BCUT2D eigenvalue weighted by molar-refractivity contribution is 9.10. The van der Waals surface area contributed by atoms with E-state index in [9.17, 15) is 14.4 Å². The van der Waals surface area contributed by atoms with Crippen LogP contribution in [0.2, 0.25) is 0 Å². The first kappa shape index (κ1) is 24.5. The quantitative estimate of drug-likeness (QED) is 0.277. The zero-order valence-corrected chi connectivity index (χ0v) is 21.2. The van der Waals surface area contributed by atoms with Gasteiger partial charge < -0.3 is 9.88 Å². The maximum atomic E-state index is 12.6. The molecule has 1 atom stereocenters. The minimum atomic E-state index is -0.406. The van der Waals surface area contributed by atoms with Crippen LogP contribution in [0.4, 0.5) is 5.69 Å². The van der Waals surface area contributed by atoms with Crippen LogP contribution in [-0.4, -0.2) is 22.3 Å². The number of nitrogens with zero attached hydrogens (tertiary/aromatic N) is 1. The van der Waals surface area contributed by atoms with Crippen molar-refractivity contribution >= 4 is 61.1 Å². The van der Waals surface area contributed by atoms with Crippen LogP contribution in [0.25, 0.3) is 21.8 Å². The van der Waals surface area contributed by atoms with Crippen LogP contribution in [0, 0.1) is 5.92 Å². The number of carbonyl (C=O) groups is 3. The fraction of sp³-hybridized carbons (Fsp3) is 0.222. The number of benzene rings is 3. The van der Waals surface area contributed by atoms with Crippen molar-refractivity contribution < 1.29 is 14.4 Å². The Morgan fingerprint density at radius 2 is 1.54 bits per heavy atom. The van der Waals surface area contributed by atoms with Gasteiger partial charge >= 0.3 is 0 Å². The number of fused-ring (bicyclic) bond motifs is 3. The summed E-state index contributed by atoms with van der Waals surface area (Å²) >= 11 is 3.31. The fourth-order valence-corrected chi connectivity index (χ4v) is 4.50. The van der Waals surface area contributed by atoms with E-state index in [0.29, 0.717) is 5.56 Å². The zero-order valence-electron chi connectivity index (χ0n) is 19.6. The van der Waals surface area contributed by atoms with E-state index in [1.807, 2.05) is 37.3 Å². The number of hydrogen-bond donors (Lipinski definition) is 3. The summed E-state index contributed by atoms with van der Waals surface area (Å²) in [4.78, 5) is 37.0. The van der Waals surface area contributed by atoms with E-state index >= 15 is 0 Å². The standard InChI is InChI=1S/C27H27BrN4O3/c1-3-32-23-7-5-4-6-21(23)22-16-20(12-13-24(22)32)29-25(33)14-17(2)15-26(34)30-31-27(35)18-8-10-19(28)11-9-18/h4-13,16-17H,3,14-15H2,1-2H3,(H,29,33)(H,30,34)(H,31,35). The van der Waals surface area contributed by atoms with Gasteiger partial charge in [-0.25, -0.2) is 0 Å². The summed E-state index contributed by atoms with van der Waals surface area (Å²) in [7, 11) is 0. The van der Waals surface area contributed by atoms with Gasteiger partial charge in [0.05, 0.1) is 0 Å². The Labute approximate surface area is 212 Å². The van der Waals surface area contributed by atoms with Crippen molar-refractivity contribution in [2.24, 2.45) is 5.92 Å². The predicted molar refractivity (Wildman–Crippen MR) is 142 cm³/mol. The van der Waals surface area contributed by atoms with Crippen LogP contribution in [0.5, 0.6) is 0 Å². The Kier molecular flexibility index (Phi) is 7.51. The van der Waals surface area contributed by atoms with Crippen molar-refractivity contribution in [1.82, 2.24) is 15.4 Å². The third kappa shape index (κ3) is 5.71. The average molecular weight is 535 g/mol. The second-order valence-corrected chi connectivity index (χ2v) is 9.48. The number of aromatic nitrogens is 1. The molecule has 0 saturated carbocycles. The first-order chi connectivity index (χ1) is 16.9.